The lowest BCUT2D eigenvalue weighted by atomic mass is 9.83. The summed E-state index contributed by atoms with van der Waals surface area (Å²) >= 11 is 0. The minimum absolute atomic E-state index is 0.228. The third kappa shape index (κ3) is 2.82. The van der Waals surface area contributed by atoms with E-state index >= 15 is 0 Å². The zero-order valence-electron chi connectivity index (χ0n) is 11.7. The van der Waals surface area contributed by atoms with Crippen molar-refractivity contribution in [2.24, 2.45) is 17.8 Å². The Labute approximate surface area is 114 Å². The summed E-state index contributed by atoms with van der Waals surface area (Å²) in [5, 5.41) is 0. The molecule has 0 aromatic rings. The zero-order chi connectivity index (χ0) is 13.8. The van der Waals surface area contributed by atoms with Gasteiger partial charge in [0, 0.05) is 0 Å². The Morgan fingerprint density at radius 3 is 2.42 bits per heavy atom. The predicted molar refractivity (Wildman–Crippen MR) is 70.3 cm³/mol. The first-order valence-corrected chi connectivity index (χ1v) is 7.21. The number of allylic oxidation sites excluding steroid dienone is 1. The van der Waals surface area contributed by atoms with Crippen molar-refractivity contribution in [2.45, 2.75) is 39.5 Å². The van der Waals surface area contributed by atoms with Crippen molar-refractivity contribution in [3.05, 3.63) is 11.6 Å². The lowest BCUT2D eigenvalue weighted by Crippen LogP contribution is -2.34. The second-order valence-corrected chi connectivity index (χ2v) is 5.32. The molecule has 2 bridgehead atoms. The summed E-state index contributed by atoms with van der Waals surface area (Å²) < 4.78 is 10.5. The van der Waals surface area contributed by atoms with Crippen molar-refractivity contribution in [3.63, 3.8) is 0 Å². The highest BCUT2D eigenvalue weighted by molar-refractivity contribution is 5.86. The number of carbonyl (C=O) groups is 2. The predicted octanol–water partition coefficient (Wildman–Crippen LogP) is 2.48. The maximum absolute atomic E-state index is 12.1. The van der Waals surface area contributed by atoms with E-state index in [-0.39, 0.29) is 23.8 Å². The Morgan fingerprint density at radius 1 is 1.16 bits per heavy atom. The molecule has 0 aromatic carbocycles. The minimum atomic E-state index is -0.394. The van der Waals surface area contributed by atoms with Gasteiger partial charge < -0.3 is 9.47 Å². The Morgan fingerprint density at radius 2 is 1.79 bits per heavy atom. The van der Waals surface area contributed by atoms with Gasteiger partial charge in [0.25, 0.3) is 0 Å². The van der Waals surface area contributed by atoms with Gasteiger partial charge in [-0.2, -0.15) is 0 Å². The molecule has 3 atom stereocenters. The second-order valence-electron chi connectivity index (χ2n) is 5.32. The molecule has 0 aliphatic heterocycles. The van der Waals surface area contributed by atoms with E-state index in [1.807, 2.05) is 13.8 Å². The summed E-state index contributed by atoms with van der Waals surface area (Å²) in [5.74, 6) is -0.966. The number of esters is 2. The molecule has 2 aliphatic carbocycles. The topological polar surface area (TPSA) is 52.6 Å². The molecule has 0 amide bonds. The van der Waals surface area contributed by atoms with Crippen LogP contribution in [0.5, 0.6) is 0 Å². The van der Waals surface area contributed by atoms with Crippen molar-refractivity contribution in [2.75, 3.05) is 13.2 Å². The van der Waals surface area contributed by atoms with Crippen LogP contribution < -0.4 is 0 Å². The SMILES string of the molecule is CCCOC(=O)C1C2=CCC(C2)C1C(=O)OCCC. The monoisotopic (exact) mass is 266 g/mol. The van der Waals surface area contributed by atoms with Gasteiger partial charge in [-0.25, -0.2) is 0 Å². The largest absolute Gasteiger partial charge is 0.465 e. The lowest BCUT2D eigenvalue weighted by molar-refractivity contribution is -0.160. The van der Waals surface area contributed by atoms with Crippen LogP contribution in [0.15, 0.2) is 11.6 Å². The van der Waals surface area contributed by atoms with Crippen LogP contribution in [-0.2, 0) is 19.1 Å². The zero-order valence-corrected chi connectivity index (χ0v) is 11.7. The normalized spacial score (nSPS) is 28.1. The molecule has 0 spiro atoms. The molecular weight excluding hydrogens is 244 g/mol. The second kappa shape index (κ2) is 6.22. The van der Waals surface area contributed by atoms with Gasteiger partial charge in [0.2, 0.25) is 0 Å². The summed E-state index contributed by atoms with van der Waals surface area (Å²) in [6, 6.07) is 0. The smallest absolute Gasteiger partial charge is 0.313 e. The van der Waals surface area contributed by atoms with Gasteiger partial charge in [-0.05, 0) is 31.6 Å². The molecular formula is C15H22O4. The summed E-state index contributed by atoms with van der Waals surface area (Å²) in [6.07, 6.45) is 5.42. The van der Waals surface area contributed by atoms with Crippen LogP contribution in [0.1, 0.15) is 39.5 Å². The van der Waals surface area contributed by atoms with Crippen molar-refractivity contribution in [1.82, 2.24) is 0 Å². The fourth-order valence-electron chi connectivity index (χ4n) is 3.02. The van der Waals surface area contributed by atoms with E-state index in [0.29, 0.717) is 13.2 Å². The fraction of sp³-hybridized carbons (Fsp3) is 0.733. The average Bonchev–Trinajstić information content (AvgIpc) is 3.02. The number of hydrogen-bond acceptors (Lipinski definition) is 4. The quantitative estimate of drug-likeness (QED) is 0.547. The maximum Gasteiger partial charge on any atom is 0.313 e. The molecule has 19 heavy (non-hydrogen) atoms. The number of carbonyl (C=O) groups excluding carboxylic acids is 2. The number of fused-ring (bicyclic) bond motifs is 2. The average molecular weight is 266 g/mol. The molecule has 1 fully saturated rings. The van der Waals surface area contributed by atoms with Crippen molar-refractivity contribution in [1.29, 1.82) is 0 Å². The highest BCUT2D eigenvalue weighted by Crippen LogP contribution is 2.49. The van der Waals surface area contributed by atoms with E-state index in [0.717, 1.165) is 31.3 Å². The van der Waals surface area contributed by atoms with E-state index < -0.39 is 5.92 Å². The number of ether oxygens (including phenoxy) is 2. The highest BCUT2D eigenvalue weighted by Gasteiger charge is 2.51. The summed E-state index contributed by atoms with van der Waals surface area (Å²) in [7, 11) is 0. The molecule has 3 unspecified atom stereocenters. The van der Waals surface area contributed by atoms with Crippen LogP contribution in [0.4, 0.5) is 0 Å². The summed E-state index contributed by atoms with van der Waals surface area (Å²) in [6.45, 7) is 4.77. The molecule has 106 valence electrons. The number of hydrogen-bond donors (Lipinski definition) is 0. The molecule has 0 aromatic heterocycles. The third-order valence-electron chi connectivity index (χ3n) is 3.87. The Bertz CT molecular complexity index is 386. The molecule has 0 radical (unpaired) electrons. The van der Waals surface area contributed by atoms with Gasteiger partial charge in [-0.3, -0.25) is 9.59 Å². The van der Waals surface area contributed by atoms with Crippen molar-refractivity contribution < 1.29 is 19.1 Å². The minimum Gasteiger partial charge on any atom is -0.465 e. The van der Waals surface area contributed by atoms with Gasteiger partial charge in [-0.15, -0.1) is 0 Å². The van der Waals surface area contributed by atoms with Gasteiger partial charge in [0.1, 0.15) is 0 Å². The van der Waals surface area contributed by atoms with Crippen LogP contribution in [0.2, 0.25) is 0 Å². The van der Waals surface area contributed by atoms with Crippen LogP contribution in [0.3, 0.4) is 0 Å². The number of rotatable bonds is 6. The summed E-state index contributed by atoms with van der Waals surface area (Å²) in [4.78, 5) is 24.2. The van der Waals surface area contributed by atoms with E-state index in [4.69, 9.17) is 9.47 Å². The van der Waals surface area contributed by atoms with E-state index in [1.54, 1.807) is 0 Å². The third-order valence-corrected chi connectivity index (χ3v) is 3.87. The van der Waals surface area contributed by atoms with Crippen LogP contribution in [0, 0.1) is 17.8 Å². The van der Waals surface area contributed by atoms with Gasteiger partial charge in [-0.1, -0.05) is 25.5 Å². The molecule has 4 heteroatoms. The maximum atomic E-state index is 12.1. The van der Waals surface area contributed by atoms with Crippen LogP contribution in [0.25, 0.3) is 0 Å². The highest BCUT2D eigenvalue weighted by atomic mass is 16.5. The Hall–Kier alpha value is -1.32. The first kappa shape index (κ1) is 14.1. The van der Waals surface area contributed by atoms with E-state index in [1.165, 1.54) is 0 Å². The lowest BCUT2D eigenvalue weighted by Gasteiger charge is -2.24. The first-order chi connectivity index (χ1) is 9.19. The standard InChI is InChI=1S/C15H22O4/c1-3-7-18-14(16)12-10-5-6-11(9-10)13(12)15(17)19-8-4-2/h5,11-13H,3-4,6-9H2,1-2H3. The molecule has 0 N–H and O–H groups in total. The fourth-order valence-corrected chi connectivity index (χ4v) is 3.02. The van der Waals surface area contributed by atoms with Gasteiger partial charge in [0.15, 0.2) is 0 Å². The Kier molecular flexibility index (Phi) is 4.61. The van der Waals surface area contributed by atoms with E-state index in [2.05, 4.69) is 6.08 Å². The molecule has 1 saturated carbocycles. The van der Waals surface area contributed by atoms with Crippen LogP contribution in [-0.4, -0.2) is 25.2 Å². The van der Waals surface area contributed by atoms with E-state index in [9.17, 15) is 9.59 Å². The Balaban J connectivity index is 2.06. The molecule has 0 heterocycles. The van der Waals surface area contributed by atoms with Crippen molar-refractivity contribution >= 4 is 11.9 Å². The van der Waals surface area contributed by atoms with Crippen molar-refractivity contribution in [3.8, 4) is 0 Å². The van der Waals surface area contributed by atoms with Gasteiger partial charge >= 0.3 is 11.9 Å². The molecule has 4 nitrogen and oxygen atoms in total. The van der Waals surface area contributed by atoms with Gasteiger partial charge in [0.05, 0.1) is 25.0 Å². The molecule has 2 rings (SSSR count). The summed E-state index contributed by atoms with van der Waals surface area (Å²) in [5.41, 5.74) is 1.07. The first-order valence-electron chi connectivity index (χ1n) is 7.21. The molecule has 2 aliphatic rings. The van der Waals surface area contributed by atoms with Crippen LogP contribution >= 0.6 is 0 Å². The molecule has 0 saturated heterocycles.